The van der Waals surface area contributed by atoms with Crippen LogP contribution in [0.1, 0.15) is 30.3 Å². The number of likely N-dealkylation sites (tertiary alicyclic amines) is 1. The number of nitrogens with zero attached hydrogens (tertiary/aromatic N) is 3. The van der Waals surface area contributed by atoms with Gasteiger partial charge in [-0.1, -0.05) is 6.92 Å². The predicted octanol–water partition coefficient (Wildman–Crippen LogP) is 2.63. The fourth-order valence-corrected chi connectivity index (χ4v) is 4.83. The molecule has 0 amide bonds. The van der Waals surface area contributed by atoms with Crippen LogP contribution in [0, 0.1) is 18.3 Å². The molecule has 2 atom stereocenters. The molecule has 23 heavy (non-hydrogen) atoms. The average molecular weight is 359 g/mol. The van der Waals surface area contributed by atoms with Crippen molar-refractivity contribution in [3.05, 3.63) is 16.1 Å². The summed E-state index contributed by atoms with van der Waals surface area (Å²) < 4.78 is 0. The molecule has 0 aromatic carbocycles. The first kappa shape index (κ1) is 19.1. The molecular weight excluding hydrogens is 328 g/mol. The number of halogens is 1. The van der Waals surface area contributed by atoms with Crippen LogP contribution in [0.3, 0.4) is 0 Å². The standard InChI is InChI=1S/C17H30N4S.ClH/c1-14-16(22-13-19-14)10-20(3)8-15-4-7-21(9-15)12-17(2)5-6-18-11-17;/h13,15,18H,4-12H2,1-3H3;1H. The summed E-state index contributed by atoms with van der Waals surface area (Å²) in [5.41, 5.74) is 3.67. The first-order chi connectivity index (χ1) is 10.5. The van der Waals surface area contributed by atoms with Crippen molar-refractivity contribution in [3.8, 4) is 0 Å². The first-order valence-corrected chi connectivity index (χ1v) is 9.43. The molecule has 0 saturated carbocycles. The van der Waals surface area contributed by atoms with Crippen LogP contribution in [0.2, 0.25) is 0 Å². The lowest BCUT2D eigenvalue weighted by Crippen LogP contribution is -2.36. The maximum atomic E-state index is 4.36. The minimum atomic E-state index is 0. The van der Waals surface area contributed by atoms with Crippen LogP contribution in [0.15, 0.2) is 5.51 Å². The maximum absolute atomic E-state index is 4.36. The van der Waals surface area contributed by atoms with E-state index in [2.05, 4.69) is 41.0 Å². The molecule has 0 radical (unpaired) electrons. The SMILES string of the molecule is Cc1ncsc1CN(C)CC1CCN(CC2(C)CCNC2)C1.Cl. The van der Waals surface area contributed by atoms with Gasteiger partial charge in [-0.2, -0.15) is 0 Å². The Labute approximate surface area is 151 Å². The maximum Gasteiger partial charge on any atom is 0.0798 e. The van der Waals surface area contributed by atoms with Crippen molar-refractivity contribution in [3.63, 3.8) is 0 Å². The van der Waals surface area contributed by atoms with Gasteiger partial charge in [0.05, 0.1) is 11.2 Å². The Kier molecular flexibility index (Phi) is 6.87. The summed E-state index contributed by atoms with van der Waals surface area (Å²) in [4.78, 5) is 11.0. The Morgan fingerprint density at radius 3 is 3.00 bits per heavy atom. The zero-order chi connectivity index (χ0) is 15.6. The highest BCUT2D eigenvalue weighted by molar-refractivity contribution is 7.09. The van der Waals surface area contributed by atoms with Gasteiger partial charge in [0.15, 0.2) is 0 Å². The van der Waals surface area contributed by atoms with E-state index in [1.165, 1.54) is 62.7 Å². The van der Waals surface area contributed by atoms with Crippen LogP contribution < -0.4 is 5.32 Å². The molecule has 3 heterocycles. The number of thiazole rings is 1. The van der Waals surface area contributed by atoms with Gasteiger partial charge < -0.3 is 15.1 Å². The van der Waals surface area contributed by atoms with Crippen LogP contribution in [0.5, 0.6) is 0 Å². The van der Waals surface area contributed by atoms with Crippen molar-refractivity contribution in [1.82, 2.24) is 20.1 Å². The lowest BCUT2D eigenvalue weighted by atomic mass is 9.89. The zero-order valence-corrected chi connectivity index (χ0v) is 16.3. The van der Waals surface area contributed by atoms with Crippen molar-refractivity contribution >= 4 is 23.7 Å². The quantitative estimate of drug-likeness (QED) is 0.847. The molecule has 2 saturated heterocycles. The fraction of sp³-hybridized carbons (Fsp3) is 0.824. The highest BCUT2D eigenvalue weighted by Gasteiger charge is 2.33. The molecule has 0 spiro atoms. The minimum absolute atomic E-state index is 0. The highest BCUT2D eigenvalue weighted by Crippen LogP contribution is 2.29. The molecule has 1 aromatic heterocycles. The number of rotatable bonds is 6. The molecule has 1 N–H and O–H groups in total. The summed E-state index contributed by atoms with van der Waals surface area (Å²) in [6.07, 6.45) is 2.69. The Morgan fingerprint density at radius 2 is 2.35 bits per heavy atom. The van der Waals surface area contributed by atoms with Crippen LogP contribution in [0.4, 0.5) is 0 Å². The molecule has 6 heteroatoms. The van der Waals surface area contributed by atoms with Crippen molar-refractivity contribution < 1.29 is 0 Å². The second kappa shape index (κ2) is 8.26. The molecule has 132 valence electrons. The van der Waals surface area contributed by atoms with Crippen molar-refractivity contribution in [2.75, 3.05) is 46.3 Å². The van der Waals surface area contributed by atoms with Crippen LogP contribution in [-0.4, -0.2) is 61.1 Å². The normalized spacial score (nSPS) is 28.4. The predicted molar refractivity (Wildman–Crippen MR) is 101 cm³/mol. The van der Waals surface area contributed by atoms with E-state index in [-0.39, 0.29) is 12.4 Å². The van der Waals surface area contributed by atoms with E-state index in [0.717, 1.165) is 12.5 Å². The lowest BCUT2D eigenvalue weighted by Gasteiger charge is -2.29. The Morgan fingerprint density at radius 1 is 1.52 bits per heavy atom. The molecule has 2 unspecified atom stereocenters. The molecule has 0 aliphatic carbocycles. The number of aryl methyl sites for hydroxylation is 1. The number of hydrogen-bond donors (Lipinski definition) is 1. The molecule has 0 bridgehead atoms. The van der Waals surface area contributed by atoms with Gasteiger partial charge in [0.2, 0.25) is 0 Å². The monoisotopic (exact) mass is 358 g/mol. The third kappa shape index (κ3) is 5.13. The van der Waals surface area contributed by atoms with Gasteiger partial charge in [0.1, 0.15) is 0 Å². The van der Waals surface area contributed by atoms with Gasteiger partial charge >= 0.3 is 0 Å². The third-order valence-corrected chi connectivity index (χ3v) is 6.18. The van der Waals surface area contributed by atoms with E-state index in [0.29, 0.717) is 5.41 Å². The van der Waals surface area contributed by atoms with Crippen molar-refractivity contribution in [2.45, 2.75) is 33.2 Å². The molecule has 2 fully saturated rings. The Balaban J connectivity index is 0.00000192. The van der Waals surface area contributed by atoms with E-state index in [1.54, 1.807) is 11.3 Å². The van der Waals surface area contributed by atoms with Gasteiger partial charge in [-0.25, -0.2) is 4.98 Å². The van der Waals surface area contributed by atoms with Gasteiger partial charge in [0, 0.05) is 37.6 Å². The van der Waals surface area contributed by atoms with Gasteiger partial charge in [-0.05, 0) is 51.2 Å². The van der Waals surface area contributed by atoms with Crippen LogP contribution in [-0.2, 0) is 6.54 Å². The number of nitrogens with one attached hydrogen (secondary N) is 1. The molecule has 2 aliphatic rings. The number of aromatic nitrogens is 1. The van der Waals surface area contributed by atoms with Crippen molar-refractivity contribution in [2.24, 2.45) is 11.3 Å². The summed E-state index contributed by atoms with van der Waals surface area (Å²) in [7, 11) is 2.25. The summed E-state index contributed by atoms with van der Waals surface area (Å²) in [5, 5.41) is 3.52. The Bertz CT molecular complexity index is 487. The van der Waals surface area contributed by atoms with Crippen LogP contribution >= 0.6 is 23.7 Å². The smallest absolute Gasteiger partial charge is 0.0798 e. The van der Waals surface area contributed by atoms with E-state index < -0.39 is 0 Å². The summed E-state index contributed by atoms with van der Waals surface area (Å²) in [6.45, 7) is 13.1. The highest BCUT2D eigenvalue weighted by atomic mass is 35.5. The molecule has 1 aromatic rings. The third-order valence-electron chi connectivity index (χ3n) is 5.26. The summed E-state index contributed by atoms with van der Waals surface area (Å²) in [5.74, 6) is 0.830. The van der Waals surface area contributed by atoms with E-state index >= 15 is 0 Å². The average Bonchev–Trinajstić information content (AvgIpc) is 3.15. The van der Waals surface area contributed by atoms with E-state index in [1.807, 2.05) is 5.51 Å². The molecule has 2 aliphatic heterocycles. The van der Waals surface area contributed by atoms with Crippen LogP contribution in [0.25, 0.3) is 0 Å². The molecule has 3 rings (SSSR count). The topological polar surface area (TPSA) is 31.4 Å². The second-order valence-electron chi connectivity index (χ2n) is 7.68. The minimum Gasteiger partial charge on any atom is -0.316 e. The van der Waals surface area contributed by atoms with Gasteiger partial charge in [-0.3, -0.25) is 0 Å². The first-order valence-electron chi connectivity index (χ1n) is 8.55. The number of hydrogen-bond acceptors (Lipinski definition) is 5. The van der Waals surface area contributed by atoms with E-state index in [4.69, 9.17) is 0 Å². The van der Waals surface area contributed by atoms with Gasteiger partial charge in [0.25, 0.3) is 0 Å². The molecule has 4 nitrogen and oxygen atoms in total. The van der Waals surface area contributed by atoms with Gasteiger partial charge in [-0.15, -0.1) is 23.7 Å². The Hall–Kier alpha value is -0.200. The summed E-state index contributed by atoms with van der Waals surface area (Å²) in [6, 6.07) is 0. The largest absolute Gasteiger partial charge is 0.316 e. The molecular formula is C17H31ClN4S. The second-order valence-corrected chi connectivity index (χ2v) is 8.62. The summed E-state index contributed by atoms with van der Waals surface area (Å²) >= 11 is 1.79. The van der Waals surface area contributed by atoms with Crippen molar-refractivity contribution in [1.29, 1.82) is 0 Å². The van der Waals surface area contributed by atoms with E-state index in [9.17, 15) is 0 Å². The zero-order valence-electron chi connectivity index (χ0n) is 14.7. The lowest BCUT2D eigenvalue weighted by molar-refractivity contribution is 0.195. The fourth-order valence-electron chi connectivity index (χ4n) is 3.98.